The average Bonchev–Trinajstić information content (AvgIpc) is 3.19. The Morgan fingerprint density at radius 1 is 1.14 bits per heavy atom. The van der Waals surface area contributed by atoms with Crippen LogP contribution in [0.25, 0.3) is 22.4 Å². The monoisotopic (exact) mass is 523 g/mol. The molecule has 0 amide bonds. The van der Waals surface area contributed by atoms with Gasteiger partial charge in [-0.15, -0.1) is 0 Å². The first-order valence-corrected chi connectivity index (χ1v) is 12.3. The molecule has 1 fully saturated rings. The van der Waals surface area contributed by atoms with E-state index in [2.05, 4.69) is 17.1 Å². The van der Waals surface area contributed by atoms with Gasteiger partial charge in [0.2, 0.25) is 0 Å². The van der Waals surface area contributed by atoms with Gasteiger partial charge in [0.25, 0.3) is 0 Å². The Hall–Kier alpha value is -3.66. The quantitative estimate of drug-likeness (QED) is 0.486. The van der Waals surface area contributed by atoms with Gasteiger partial charge >= 0.3 is 5.69 Å². The fourth-order valence-corrected chi connectivity index (χ4v) is 5.12. The van der Waals surface area contributed by atoms with Crippen molar-refractivity contribution in [3.05, 3.63) is 87.5 Å². The number of allylic oxidation sites excluding steroid dienone is 2. The highest BCUT2D eigenvalue weighted by Crippen LogP contribution is 2.40. The van der Waals surface area contributed by atoms with E-state index in [1.165, 1.54) is 27.3 Å². The summed E-state index contributed by atoms with van der Waals surface area (Å²) in [6, 6.07) is 6.65. The lowest BCUT2D eigenvalue weighted by Crippen LogP contribution is -2.52. The van der Waals surface area contributed by atoms with Gasteiger partial charge in [0.1, 0.15) is 17.6 Å². The van der Waals surface area contributed by atoms with Gasteiger partial charge in [-0.25, -0.2) is 9.18 Å². The van der Waals surface area contributed by atoms with E-state index in [0.717, 1.165) is 6.54 Å². The number of nitrogens with two attached hydrogens (primary N) is 1. The number of aryl methyl sites for hydroxylation is 1. The number of phenolic OH excluding ortho intramolecular Hbond substituents is 1. The van der Waals surface area contributed by atoms with Gasteiger partial charge < -0.3 is 25.6 Å². The minimum atomic E-state index is -0.822. The highest BCUT2D eigenvalue weighted by molar-refractivity contribution is 6.32. The summed E-state index contributed by atoms with van der Waals surface area (Å²) in [6.07, 6.45) is 6.31. The number of piperazine rings is 1. The summed E-state index contributed by atoms with van der Waals surface area (Å²) in [6.45, 7) is 4.16. The van der Waals surface area contributed by atoms with Gasteiger partial charge in [0.15, 0.2) is 5.78 Å². The van der Waals surface area contributed by atoms with Gasteiger partial charge in [0.05, 0.1) is 10.7 Å². The van der Waals surface area contributed by atoms with Crippen LogP contribution < -0.4 is 16.7 Å². The van der Waals surface area contributed by atoms with Crippen molar-refractivity contribution in [1.29, 1.82) is 0 Å². The zero-order valence-corrected chi connectivity index (χ0v) is 21.2. The SMILES string of the molecule is C[C@@H]1CN(C2=CC(c3cc(F)cc(-c4ccc(-n5ccn(C)c5=O)c(Cl)c4)c3O)=CC(=O)C2N)CCN1. The Kier molecular flexibility index (Phi) is 6.53. The Bertz CT molecular complexity index is 1520. The summed E-state index contributed by atoms with van der Waals surface area (Å²) in [4.78, 5) is 27.2. The Morgan fingerprint density at radius 2 is 1.89 bits per heavy atom. The number of nitrogens with one attached hydrogen (secondary N) is 1. The summed E-state index contributed by atoms with van der Waals surface area (Å²) < 4.78 is 17.7. The number of aromatic hydroxyl groups is 1. The Morgan fingerprint density at radius 3 is 2.57 bits per heavy atom. The standard InChI is InChI=1S/C27H27ClFN5O3/c1-15-14-33(6-5-31-15)23-10-17(11-24(35)25(23)30)20-13-18(29)12-19(26(20)36)16-3-4-22(21(28)9-16)34-8-7-32(2)27(34)37/h3-4,7-13,15,25,31,36H,5-6,14,30H2,1-2H3/t15-,25?/m1/s1. The van der Waals surface area contributed by atoms with E-state index in [9.17, 15) is 19.1 Å². The molecule has 0 saturated carbocycles. The molecule has 1 aliphatic carbocycles. The molecule has 1 aromatic heterocycles. The van der Waals surface area contributed by atoms with Crippen LogP contribution in [0.5, 0.6) is 5.75 Å². The molecule has 1 saturated heterocycles. The first-order chi connectivity index (χ1) is 17.6. The molecule has 37 heavy (non-hydrogen) atoms. The van der Waals surface area contributed by atoms with Gasteiger partial charge in [0, 0.05) is 61.9 Å². The number of phenols is 1. The van der Waals surface area contributed by atoms with Gasteiger partial charge in [-0.05, 0) is 54.5 Å². The van der Waals surface area contributed by atoms with E-state index in [1.54, 1.807) is 43.7 Å². The number of benzene rings is 2. The number of carbonyl (C=O) groups excluding carboxylic acids is 1. The predicted octanol–water partition coefficient (Wildman–Crippen LogP) is 2.81. The summed E-state index contributed by atoms with van der Waals surface area (Å²) in [5.41, 5.74) is 8.27. The van der Waals surface area contributed by atoms with Crippen molar-refractivity contribution in [2.75, 3.05) is 19.6 Å². The molecule has 0 bridgehead atoms. The lowest BCUT2D eigenvalue weighted by molar-refractivity contribution is -0.115. The maximum Gasteiger partial charge on any atom is 0.332 e. The molecule has 1 aliphatic heterocycles. The van der Waals surface area contributed by atoms with Crippen molar-refractivity contribution in [1.82, 2.24) is 19.4 Å². The molecule has 5 rings (SSSR count). The summed E-state index contributed by atoms with van der Waals surface area (Å²) in [7, 11) is 1.63. The number of carbonyl (C=O) groups is 1. The number of hydrogen-bond donors (Lipinski definition) is 3. The third kappa shape index (κ3) is 4.61. The van der Waals surface area contributed by atoms with E-state index in [-0.39, 0.29) is 39.4 Å². The number of imidazole rings is 1. The first kappa shape index (κ1) is 25.0. The number of rotatable bonds is 4. The highest BCUT2D eigenvalue weighted by Gasteiger charge is 2.30. The zero-order valence-electron chi connectivity index (χ0n) is 20.4. The molecule has 2 aromatic carbocycles. The molecular weight excluding hydrogens is 497 g/mol. The fourth-order valence-electron chi connectivity index (χ4n) is 4.85. The molecule has 2 atom stereocenters. The summed E-state index contributed by atoms with van der Waals surface area (Å²) in [5.74, 6) is -1.10. The van der Waals surface area contributed by atoms with E-state index in [4.69, 9.17) is 17.3 Å². The van der Waals surface area contributed by atoms with Crippen LogP contribution in [-0.4, -0.2) is 56.6 Å². The second kappa shape index (κ2) is 9.66. The van der Waals surface area contributed by atoms with Crippen LogP contribution in [0.3, 0.4) is 0 Å². The average molecular weight is 524 g/mol. The third-order valence-electron chi connectivity index (χ3n) is 6.81. The molecule has 8 nitrogen and oxygen atoms in total. The maximum absolute atomic E-state index is 14.9. The maximum atomic E-state index is 14.9. The molecule has 10 heteroatoms. The zero-order chi connectivity index (χ0) is 26.4. The van der Waals surface area contributed by atoms with E-state index in [1.807, 2.05) is 0 Å². The van der Waals surface area contributed by atoms with E-state index in [0.29, 0.717) is 35.6 Å². The van der Waals surface area contributed by atoms with Crippen LogP contribution in [0.1, 0.15) is 12.5 Å². The smallest absolute Gasteiger partial charge is 0.332 e. The normalized spacial score (nSPS) is 20.1. The predicted molar refractivity (Wildman–Crippen MR) is 141 cm³/mol. The fraction of sp³-hybridized carbons (Fsp3) is 0.259. The van der Waals surface area contributed by atoms with Crippen LogP contribution in [0, 0.1) is 5.82 Å². The number of nitrogens with zero attached hydrogens (tertiary/aromatic N) is 3. The van der Waals surface area contributed by atoms with Crippen molar-refractivity contribution in [2.24, 2.45) is 12.8 Å². The molecule has 0 spiro atoms. The van der Waals surface area contributed by atoms with Crippen LogP contribution in [-0.2, 0) is 11.8 Å². The first-order valence-electron chi connectivity index (χ1n) is 11.9. The van der Waals surface area contributed by atoms with Crippen molar-refractivity contribution in [2.45, 2.75) is 19.0 Å². The number of aromatic nitrogens is 2. The highest BCUT2D eigenvalue weighted by atomic mass is 35.5. The molecule has 4 N–H and O–H groups in total. The number of hydrogen-bond acceptors (Lipinski definition) is 6. The van der Waals surface area contributed by atoms with Crippen LogP contribution in [0.15, 0.2) is 65.4 Å². The third-order valence-corrected chi connectivity index (χ3v) is 7.11. The van der Waals surface area contributed by atoms with Crippen LogP contribution in [0.2, 0.25) is 5.02 Å². The summed E-state index contributed by atoms with van der Waals surface area (Å²) in [5, 5.41) is 14.8. The van der Waals surface area contributed by atoms with E-state index >= 15 is 0 Å². The molecule has 1 unspecified atom stereocenters. The molecule has 0 radical (unpaired) electrons. The number of ketones is 1. The van der Waals surface area contributed by atoms with Crippen LogP contribution in [0.4, 0.5) is 4.39 Å². The van der Waals surface area contributed by atoms with Gasteiger partial charge in [-0.3, -0.25) is 9.36 Å². The summed E-state index contributed by atoms with van der Waals surface area (Å²) >= 11 is 6.49. The minimum Gasteiger partial charge on any atom is -0.507 e. The van der Waals surface area contributed by atoms with Crippen molar-refractivity contribution in [3.63, 3.8) is 0 Å². The van der Waals surface area contributed by atoms with Crippen molar-refractivity contribution in [3.8, 4) is 22.6 Å². The molecule has 2 aliphatic rings. The lowest BCUT2D eigenvalue weighted by Gasteiger charge is -2.38. The topological polar surface area (TPSA) is 106 Å². The minimum absolute atomic E-state index is 0.176. The van der Waals surface area contributed by atoms with Crippen molar-refractivity contribution < 1.29 is 14.3 Å². The van der Waals surface area contributed by atoms with Gasteiger partial charge in [-0.2, -0.15) is 0 Å². The number of halogens is 2. The molecule has 2 heterocycles. The van der Waals surface area contributed by atoms with Crippen molar-refractivity contribution >= 4 is 23.0 Å². The Balaban J connectivity index is 1.56. The second-order valence-corrected chi connectivity index (χ2v) is 9.83. The van der Waals surface area contributed by atoms with Gasteiger partial charge in [-0.1, -0.05) is 17.7 Å². The molecular formula is C27H27ClFN5O3. The molecule has 3 aromatic rings. The second-order valence-electron chi connectivity index (χ2n) is 9.43. The largest absolute Gasteiger partial charge is 0.507 e. The van der Waals surface area contributed by atoms with E-state index < -0.39 is 11.9 Å². The molecule has 192 valence electrons. The lowest BCUT2D eigenvalue weighted by atomic mass is 9.90. The Labute approximate surface area is 218 Å². The van der Waals surface area contributed by atoms with Crippen LogP contribution >= 0.6 is 11.6 Å².